The van der Waals surface area contributed by atoms with Crippen LogP contribution in [0.3, 0.4) is 0 Å². The molecule has 4 unspecified atom stereocenters. The highest BCUT2D eigenvalue weighted by molar-refractivity contribution is 7.98. The lowest BCUT2D eigenvalue weighted by Crippen LogP contribution is -2.48. The first kappa shape index (κ1) is 19.5. The fourth-order valence-electron chi connectivity index (χ4n) is 4.08. The molecule has 2 aliphatic rings. The van der Waals surface area contributed by atoms with Crippen LogP contribution < -0.4 is 11.1 Å². The van der Waals surface area contributed by atoms with Crippen LogP contribution in [0.2, 0.25) is 5.02 Å². The normalized spacial score (nSPS) is 25.8. The fourth-order valence-corrected chi connectivity index (χ4v) is 4.78. The van der Waals surface area contributed by atoms with Crippen molar-refractivity contribution in [3.8, 4) is 0 Å². The number of carbonyl (C=O) groups excluding carboxylic acids is 2. The molecule has 142 valence electrons. The average molecular weight is 396 g/mol. The topological polar surface area (TPSA) is 75.4 Å². The van der Waals surface area contributed by atoms with Crippen molar-refractivity contribution < 1.29 is 9.59 Å². The van der Waals surface area contributed by atoms with Gasteiger partial charge >= 0.3 is 0 Å². The Hall–Kier alpha value is -1.24. The molecule has 0 bridgehead atoms. The van der Waals surface area contributed by atoms with Crippen LogP contribution in [0.15, 0.2) is 24.3 Å². The van der Waals surface area contributed by atoms with Crippen molar-refractivity contribution in [2.75, 3.05) is 25.1 Å². The van der Waals surface area contributed by atoms with Gasteiger partial charge in [0.05, 0.1) is 10.6 Å². The molecule has 1 aromatic rings. The number of hydrogen-bond donors (Lipinski definition) is 2. The van der Waals surface area contributed by atoms with Crippen LogP contribution in [0.5, 0.6) is 0 Å². The van der Waals surface area contributed by atoms with Gasteiger partial charge in [-0.05, 0) is 55.2 Å². The van der Waals surface area contributed by atoms with Crippen molar-refractivity contribution in [1.29, 1.82) is 0 Å². The van der Waals surface area contributed by atoms with Crippen LogP contribution in [0.4, 0.5) is 0 Å². The largest absolute Gasteiger partial charge is 0.340 e. The molecular formula is C19H26ClN3O2S. The second-order valence-corrected chi connectivity index (χ2v) is 8.59. The van der Waals surface area contributed by atoms with Gasteiger partial charge in [-0.15, -0.1) is 0 Å². The van der Waals surface area contributed by atoms with E-state index in [-0.39, 0.29) is 17.9 Å². The van der Waals surface area contributed by atoms with Crippen LogP contribution in [0.1, 0.15) is 29.6 Å². The Balaban J connectivity index is 1.68. The second-order valence-electron chi connectivity index (χ2n) is 7.20. The third-order valence-electron chi connectivity index (χ3n) is 5.56. The quantitative estimate of drug-likeness (QED) is 0.775. The van der Waals surface area contributed by atoms with Gasteiger partial charge in [-0.25, -0.2) is 0 Å². The summed E-state index contributed by atoms with van der Waals surface area (Å²) in [5, 5.41) is 3.29. The number of benzene rings is 1. The first-order chi connectivity index (χ1) is 12.5. The van der Waals surface area contributed by atoms with E-state index in [0.717, 1.165) is 25.1 Å². The van der Waals surface area contributed by atoms with Gasteiger partial charge in [0.25, 0.3) is 5.91 Å². The minimum atomic E-state index is -0.527. The molecule has 0 aromatic heterocycles. The summed E-state index contributed by atoms with van der Waals surface area (Å²) < 4.78 is 0. The van der Waals surface area contributed by atoms with E-state index in [4.69, 9.17) is 17.3 Å². The van der Waals surface area contributed by atoms with Crippen LogP contribution in [-0.2, 0) is 4.79 Å². The molecule has 1 saturated carbocycles. The zero-order valence-corrected chi connectivity index (χ0v) is 16.6. The molecule has 0 radical (unpaired) electrons. The third-order valence-corrected chi connectivity index (χ3v) is 6.53. The first-order valence-electron chi connectivity index (χ1n) is 9.10. The van der Waals surface area contributed by atoms with Crippen LogP contribution in [-0.4, -0.2) is 53.9 Å². The molecule has 3 N–H and O–H groups in total. The summed E-state index contributed by atoms with van der Waals surface area (Å²) in [4.78, 5) is 27.6. The van der Waals surface area contributed by atoms with Crippen molar-refractivity contribution in [1.82, 2.24) is 10.2 Å². The minimum absolute atomic E-state index is 0.000976. The summed E-state index contributed by atoms with van der Waals surface area (Å²) >= 11 is 7.79. The lowest BCUT2D eigenvalue weighted by molar-refractivity contribution is -0.132. The minimum Gasteiger partial charge on any atom is -0.340 e. The number of rotatable bonds is 6. The fraction of sp³-hybridized carbons (Fsp3) is 0.579. The summed E-state index contributed by atoms with van der Waals surface area (Å²) in [6, 6.07) is 6.57. The molecule has 4 atom stereocenters. The number of amides is 2. The van der Waals surface area contributed by atoms with E-state index < -0.39 is 6.04 Å². The van der Waals surface area contributed by atoms with E-state index in [1.165, 1.54) is 0 Å². The molecule has 1 aromatic carbocycles. The molecule has 1 saturated heterocycles. The van der Waals surface area contributed by atoms with Gasteiger partial charge in [-0.2, -0.15) is 11.8 Å². The summed E-state index contributed by atoms with van der Waals surface area (Å²) in [7, 11) is 0. The molecule has 0 spiro atoms. The zero-order valence-electron chi connectivity index (χ0n) is 15.0. The highest BCUT2D eigenvalue weighted by Gasteiger charge is 2.43. The highest BCUT2D eigenvalue weighted by Crippen LogP contribution is 2.37. The smallest absolute Gasteiger partial charge is 0.253 e. The molecule has 1 aliphatic heterocycles. The van der Waals surface area contributed by atoms with Gasteiger partial charge in [-0.3, -0.25) is 9.59 Å². The molecule has 3 rings (SSSR count). The van der Waals surface area contributed by atoms with Gasteiger partial charge in [-0.1, -0.05) is 23.7 Å². The highest BCUT2D eigenvalue weighted by atomic mass is 35.5. The number of fused-ring (bicyclic) bond motifs is 1. The van der Waals surface area contributed by atoms with E-state index in [0.29, 0.717) is 35.4 Å². The summed E-state index contributed by atoms with van der Waals surface area (Å²) in [5.74, 6) is 1.42. The van der Waals surface area contributed by atoms with Gasteiger partial charge in [0.15, 0.2) is 0 Å². The average Bonchev–Trinajstić information content (AvgIpc) is 3.20. The summed E-state index contributed by atoms with van der Waals surface area (Å²) in [6.07, 6.45) is 4.75. The predicted molar refractivity (Wildman–Crippen MR) is 106 cm³/mol. The number of halogens is 1. The maximum absolute atomic E-state index is 13.1. The van der Waals surface area contributed by atoms with Gasteiger partial charge in [0.2, 0.25) is 5.91 Å². The molecule has 1 aliphatic carbocycles. The number of nitrogens with one attached hydrogen (secondary N) is 1. The van der Waals surface area contributed by atoms with Gasteiger partial charge in [0, 0.05) is 19.1 Å². The van der Waals surface area contributed by atoms with Crippen molar-refractivity contribution in [2.24, 2.45) is 17.6 Å². The maximum Gasteiger partial charge on any atom is 0.253 e. The van der Waals surface area contributed by atoms with Crippen molar-refractivity contribution in [3.63, 3.8) is 0 Å². The first-order valence-corrected chi connectivity index (χ1v) is 10.9. The van der Waals surface area contributed by atoms with Crippen molar-refractivity contribution >= 4 is 35.2 Å². The van der Waals surface area contributed by atoms with Gasteiger partial charge < -0.3 is 16.0 Å². The van der Waals surface area contributed by atoms with Crippen LogP contribution in [0, 0.1) is 11.8 Å². The molecule has 26 heavy (non-hydrogen) atoms. The SMILES string of the molecule is CSCCC(NC(=O)c1ccccc1Cl)C(=O)N1CC2CCC(N)C2C1. The van der Waals surface area contributed by atoms with E-state index in [1.807, 2.05) is 11.2 Å². The molecular weight excluding hydrogens is 370 g/mol. The van der Waals surface area contributed by atoms with E-state index in [1.54, 1.807) is 36.0 Å². The third kappa shape index (κ3) is 4.18. The Kier molecular flexibility index (Phi) is 6.48. The number of nitrogens with zero attached hydrogens (tertiary/aromatic N) is 1. The lowest BCUT2D eigenvalue weighted by atomic mass is 9.98. The molecule has 7 heteroatoms. The summed E-state index contributed by atoms with van der Waals surface area (Å²) in [5.41, 5.74) is 6.59. The van der Waals surface area contributed by atoms with Crippen molar-refractivity contribution in [3.05, 3.63) is 34.9 Å². The molecule has 5 nitrogen and oxygen atoms in total. The lowest BCUT2D eigenvalue weighted by Gasteiger charge is -2.25. The second kappa shape index (κ2) is 8.63. The monoisotopic (exact) mass is 395 g/mol. The number of hydrogen-bond acceptors (Lipinski definition) is 4. The molecule has 1 heterocycles. The Morgan fingerprint density at radius 3 is 2.81 bits per heavy atom. The zero-order chi connectivity index (χ0) is 18.7. The number of likely N-dealkylation sites (tertiary alicyclic amines) is 1. The summed E-state index contributed by atoms with van der Waals surface area (Å²) in [6.45, 7) is 1.47. The van der Waals surface area contributed by atoms with Crippen LogP contribution in [0.25, 0.3) is 0 Å². The number of thioether (sulfide) groups is 1. The standard InChI is InChI=1S/C19H26ClN3O2S/c1-26-9-8-17(22-18(24)13-4-2-3-5-15(13)20)19(25)23-10-12-6-7-16(21)14(12)11-23/h2-5,12,14,16-17H,6-11,21H2,1H3,(H,22,24). The van der Waals surface area contributed by atoms with E-state index in [9.17, 15) is 9.59 Å². The van der Waals surface area contributed by atoms with E-state index in [2.05, 4.69) is 5.32 Å². The molecule has 2 amide bonds. The van der Waals surface area contributed by atoms with Gasteiger partial charge in [0.1, 0.15) is 6.04 Å². The Labute approximate surface area is 164 Å². The van der Waals surface area contributed by atoms with E-state index >= 15 is 0 Å². The number of nitrogens with two attached hydrogens (primary N) is 1. The predicted octanol–water partition coefficient (Wildman–Crippen LogP) is 2.39. The van der Waals surface area contributed by atoms with Crippen molar-refractivity contribution in [2.45, 2.75) is 31.3 Å². The Morgan fingerprint density at radius 2 is 2.12 bits per heavy atom. The van der Waals surface area contributed by atoms with Crippen LogP contribution >= 0.6 is 23.4 Å². The number of carbonyl (C=O) groups is 2. The Bertz CT molecular complexity index is 672. The Morgan fingerprint density at radius 1 is 1.35 bits per heavy atom. The maximum atomic E-state index is 13.1. The molecule has 2 fully saturated rings.